The van der Waals surface area contributed by atoms with Gasteiger partial charge in [-0.15, -0.1) is 0 Å². The summed E-state index contributed by atoms with van der Waals surface area (Å²) in [5, 5.41) is 29.2. The molecule has 12 heteroatoms. The number of hydrogen-bond acceptors (Lipinski definition) is 8. The van der Waals surface area contributed by atoms with Crippen molar-refractivity contribution in [1.29, 1.82) is 0 Å². The molecule has 2 N–H and O–H groups in total. The molecule has 0 fully saturated rings. The average molecular weight is 497 g/mol. The number of nitrogens with zero attached hydrogens (tertiary/aromatic N) is 4. The highest BCUT2D eigenvalue weighted by Gasteiger charge is 2.06. The van der Waals surface area contributed by atoms with E-state index in [4.69, 9.17) is 0 Å². The molecular weight excluding hydrogens is 468 g/mol. The van der Waals surface area contributed by atoms with E-state index in [1.54, 1.807) is 24.3 Å². The predicted molar refractivity (Wildman–Crippen MR) is 135 cm³/mol. The molecular formula is C24H28N6O6. The summed E-state index contributed by atoms with van der Waals surface area (Å²) < 4.78 is 0. The lowest BCUT2D eigenvalue weighted by molar-refractivity contribution is -0.385. The number of carbonyl (C=O) groups excluding carboxylic acids is 2. The number of nitrogens with one attached hydrogen (secondary N) is 2. The van der Waals surface area contributed by atoms with Gasteiger partial charge in [-0.3, -0.25) is 29.8 Å². The first kappa shape index (κ1) is 27.8. The van der Waals surface area contributed by atoms with E-state index in [9.17, 15) is 29.8 Å². The third kappa shape index (κ3) is 11.1. The van der Waals surface area contributed by atoms with Crippen LogP contribution in [-0.2, 0) is 9.59 Å². The van der Waals surface area contributed by atoms with Crippen molar-refractivity contribution in [2.75, 3.05) is 0 Å². The Hall–Kier alpha value is -4.48. The summed E-state index contributed by atoms with van der Waals surface area (Å²) in [7, 11) is 0. The van der Waals surface area contributed by atoms with Crippen molar-refractivity contribution >= 4 is 35.6 Å². The van der Waals surface area contributed by atoms with Crippen molar-refractivity contribution in [1.82, 2.24) is 10.9 Å². The second-order valence-electron chi connectivity index (χ2n) is 7.91. The van der Waals surface area contributed by atoms with Crippen LogP contribution in [-0.4, -0.2) is 34.1 Å². The van der Waals surface area contributed by atoms with E-state index in [2.05, 4.69) is 21.1 Å². The largest absolute Gasteiger partial charge is 0.273 e. The lowest BCUT2D eigenvalue weighted by Crippen LogP contribution is -2.17. The summed E-state index contributed by atoms with van der Waals surface area (Å²) in [6.45, 7) is 0. The maximum Gasteiger partial charge on any atom is 0.270 e. The Morgan fingerprint density at radius 2 is 1.08 bits per heavy atom. The van der Waals surface area contributed by atoms with Crippen LogP contribution in [0.25, 0.3) is 0 Å². The highest BCUT2D eigenvalue weighted by Crippen LogP contribution is 2.12. The van der Waals surface area contributed by atoms with Crippen molar-refractivity contribution in [3.8, 4) is 0 Å². The minimum Gasteiger partial charge on any atom is -0.273 e. The molecule has 0 aliphatic rings. The number of nitro benzene ring substituents is 2. The van der Waals surface area contributed by atoms with Gasteiger partial charge in [0.1, 0.15) is 0 Å². The summed E-state index contributed by atoms with van der Waals surface area (Å²) in [6, 6.07) is 11.9. The first-order chi connectivity index (χ1) is 17.3. The SMILES string of the molecule is O=C(CCCCCCCCC(=O)N/N=C/c1cccc([N+](=O)[O-])c1)N/N=C/c1cccc([N+](=O)[O-])c1. The molecule has 2 aromatic carbocycles. The molecule has 0 bridgehead atoms. The molecule has 0 saturated carbocycles. The third-order valence-corrected chi connectivity index (χ3v) is 5.03. The molecule has 0 saturated heterocycles. The van der Waals surface area contributed by atoms with Crippen LogP contribution < -0.4 is 10.9 Å². The Kier molecular flexibility index (Phi) is 11.9. The average Bonchev–Trinajstić information content (AvgIpc) is 2.86. The number of unbranched alkanes of at least 4 members (excludes halogenated alkanes) is 5. The second-order valence-corrected chi connectivity index (χ2v) is 7.91. The maximum absolute atomic E-state index is 11.8. The summed E-state index contributed by atoms with van der Waals surface area (Å²) in [5.74, 6) is -0.446. The van der Waals surface area contributed by atoms with Crippen LogP contribution in [0.5, 0.6) is 0 Å². The molecule has 36 heavy (non-hydrogen) atoms. The fourth-order valence-corrected chi connectivity index (χ4v) is 3.18. The van der Waals surface area contributed by atoms with Gasteiger partial charge in [-0.2, -0.15) is 10.2 Å². The number of amides is 2. The molecule has 190 valence electrons. The molecule has 0 spiro atoms. The zero-order valence-corrected chi connectivity index (χ0v) is 19.7. The van der Waals surface area contributed by atoms with Crippen LogP contribution in [0, 0.1) is 20.2 Å². The van der Waals surface area contributed by atoms with Gasteiger partial charge in [0.25, 0.3) is 11.4 Å². The lowest BCUT2D eigenvalue weighted by atomic mass is 10.1. The van der Waals surface area contributed by atoms with E-state index in [0.29, 0.717) is 36.8 Å². The van der Waals surface area contributed by atoms with Crippen LogP contribution >= 0.6 is 0 Å². The quantitative estimate of drug-likeness (QED) is 0.162. The highest BCUT2D eigenvalue weighted by atomic mass is 16.6. The van der Waals surface area contributed by atoms with Crippen LogP contribution in [0.2, 0.25) is 0 Å². The minimum atomic E-state index is -0.495. The van der Waals surface area contributed by atoms with Gasteiger partial charge >= 0.3 is 0 Å². The van der Waals surface area contributed by atoms with E-state index >= 15 is 0 Å². The number of hydrogen-bond donors (Lipinski definition) is 2. The fraction of sp³-hybridized carbons (Fsp3) is 0.333. The van der Waals surface area contributed by atoms with E-state index < -0.39 is 9.85 Å². The van der Waals surface area contributed by atoms with Gasteiger partial charge in [0.05, 0.1) is 22.3 Å². The number of carbonyl (C=O) groups is 2. The molecule has 0 radical (unpaired) electrons. The fourth-order valence-electron chi connectivity index (χ4n) is 3.18. The summed E-state index contributed by atoms with van der Waals surface area (Å²) in [6.07, 6.45) is 8.45. The number of benzene rings is 2. The van der Waals surface area contributed by atoms with Gasteiger partial charge in [0, 0.05) is 48.2 Å². The first-order valence-corrected chi connectivity index (χ1v) is 11.5. The minimum absolute atomic E-state index is 0.0440. The van der Waals surface area contributed by atoms with Gasteiger partial charge in [0.15, 0.2) is 0 Å². The van der Waals surface area contributed by atoms with Crippen molar-refractivity contribution in [3.63, 3.8) is 0 Å². The molecule has 12 nitrogen and oxygen atoms in total. The Morgan fingerprint density at radius 3 is 1.47 bits per heavy atom. The zero-order valence-electron chi connectivity index (χ0n) is 19.7. The number of hydrazone groups is 2. The van der Waals surface area contributed by atoms with Gasteiger partial charge in [-0.05, 0) is 12.8 Å². The van der Waals surface area contributed by atoms with Gasteiger partial charge in [-0.1, -0.05) is 49.9 Å². The first-order valence-electron chi connectivity index (χ1n) is 11.5. The normalized spacial score (nSPS) is 11.0. The topological polar surface area (TPSA) is 169 Å². The molecule has 0 aromatic heterocycles. The molecule has 0 heterocycles. The van der Waals surface area contributed by atoms with E-state index in [1.807, 2.05) is 0 Å². The van der Waals surface area contributed by atoms with Gasteiger partial charge in [0.2, 0.25) is 11.8 Å². The molecule has 0 unspecified atom stereocenters. The zero-order chi connectivity index (χ0) is 26.2. The van der Waals surface area contributed by atoms with Crippen molar-refractivity contribution in [2.45, 2.75) is 51.4 Å². The molecule has 2 amide bonds. The third-order valence-electron chi connectivity index (χ3n) is 5.03. The van der Waals surface area contributed by atoms with Crippen LogP contribution in [0.4, 0.5) is 11.4 Å². The Bertz CT molecular complexity index is 1030. The highest BCUT2D eigenvalue weighted by molar-refractivity contribution is 5.83. The lowest BCUT2D eigenvalue weighted by Gasteiger charge is -2.02. The van der Waals surface area contributed by atoms with Crippen molar-refractivity contribution < 1.29 is 19.4 Å². The Balaban J connectivity index is 1.49. The Labute approximate surface area is 207 Å². The molecule has 0 aliphatic heterocycles. The number of non-ortho nitro benzene ring substituents is 2. The van der Waals surface area contributed by atoms with Gasteiger partial charge < -0.3 is 0 Å². The van der Waals surface area contributed by atoms with Crippen LogP contribution in [0.3, 0.4) is 0 Å². The van der Waals surface area contributed by atoms with Crippen molar-refractivity contribution in [3.05, 3.63) is 79.9 Å². The number of nitro groups is 2. The monoisotopic (exact) mass is 496 g/mol. The van der Waals surface area contributed by atoms with Crippen molar-refractivity contribution in [2.24, 2.45) is 10.2 Å². The van der Waals surface area contributed by atoms with Crippen LogP contribution in [0.15, 0.2) is 58.7 Å². The molecule has 2 rings (SSSR count). The smallest absolute Gasteiger partial charge is 0.270 e. The summed E-state index contributed by atoms with van der Waals surface area (Å²) in [4.78, 5) is 44.2. The molecule has 2 aromatic rings. The number of rotatable bonds is 15. The summed E-state index contributed by atoms with van der Waals surface area (Å²) >= 11 is 0. The standard InChI is InChI=1S/C24H28N6O6/c31-23(27-25-17-19-9-7-11-21(15-19)29(33)34)13-5-3-1-2-4-6-14-24(32)28-26-18-20-10-8-12-22(16-20)30(35)36/h7-12,15-18H,1-6,13-14H2,(H,27,31)(H,28,32)/b25-17+,26-18+. The molecule has 0 atom stereocenters. The van der Waals surface area contributed by atoms with Crippen LogP contribution in [0.1, 0.15) is 62.5 Å². The predicted octanol–water partition coefficient (Wildman–Crippen LogP) is 4.22. The Morgan fingerprint density at radius 1 is 0.694 bits per heavy atom. The second kappa shape index (κ2) is 15.4. The maximum atomic E-state index is 11.8. The molecule has 0 aliphatic carbocycles. The van der Waals surface area contributed by atoms with Gasteiger partial charge in [-0.25, -0.2) is 10.9 Å². The van der Waals surface area contributed by atoms with E-state index in [1.165, 1.54) is 36.7 Å². The summed E-state index contributed by atoms with van der Waals surface area (Å²) in [5.41, 5.74) is 5.78. The van der Waals surface area contributed by atoms with E-state index in [0.717, 1.165) is 25.7 Å². The van der Waals surface area contributed by atoms with E-state index in [-0.39, 0.29) is 23.2 Å².